The molecule has 4 saturated carbocycles. The Bertz CT molecular complexity index is 949. The van der Waals surface area contributed by atoms with E-state index in [1.54, 1.807) is 12.4 Å². The van der Waals surface area contributed by atoms with E-state index in [9.17, 15) is 4.79 Å². The molecule has 2 heterocycles. The lowest BCUT2D eigenvalue weighted by Gasteiger charge is -2.56. The summed E-state index contributed by atoms with van der Waals surface area (Å²) in [5, 5.41) is 5.67. The third-order valence-electron chi connectivity index (χ3n) is 10.3. The average molecular weight is 420 g/mol. The maximum atomic E-state index is 13.5. The summed E-state index contributed by atoms with van der Waals surface area (Å²) in [6.45, 7) is 5.35. The fourth-order valence-electron chi connectivity index (χ4n) is 8.89. The van der Waals surface area contributed by atoms with Crippen molar-refractivity contribution in [3.8, 4) is 0 Å². The third kappa shape index (κ3) is 3.19. The average Bonchev–Trinajstić information content (AvgIpc) is 3.33. The molecular formula is C27H37N3O. The monoisotopic (exact) mass is 419 g/mol. The van der Waals surface area contributed by atoms with Gasteiger partial charge in [0.1, 0.15) is 5.52 Å². The van der Waals surface area contributed by atoms with E-state index < -0.39 is 0 Å². The van der Waals surface area contributed by atoms with E-state index in [4.69, 9.17) is 0 Å². The Morgan fingerprint density at radius 3 is 2.84 bits per heavy atom. The standard InChI is InChI=1S/C27H37N3O/c1-17-3-5-20-18(13-17)4-6-22-21(20)9-11-27(2)23(22)7-8-24(27)26(31)16-30-15-19-10-12-28-14-25(19)29-30/h10,12,14-15,17-18,20-24H,3-9,11,13,16H2,1-2H3/t17-,18+,20-,21?,22+,23?,24+,27-/m0/s1. The van der Waals surface area contributed by atoms with E-state index in [0.29, 0.717) is 12.3 Å². The number of carbonyl (C=O) groups excluding carboxylic acids is 1. The zero-order valence-electron chi connectivity index (χ0n) is 19.2. The Morgan fingerprint density at radius 2 is 1.97 bits per heavy atom. The molecule has 4 nitrogen and oxygen atoms in total. The molecule has 4 aliphatic rings. The molecule has 0 aromatic carbocycles. The Labute approximate surface area is 186 Å². The molecule has 2 aromatic heterocycles. The van der Waals surface area contributed by atoms with Crippen molar-refractivity contribution in [1.29, 1.82) is 0 Å². The summed E-state index contributed by atoms with van der Waals surface area (Å²) in [6, 6.07) is 1.97. The van der Waals surface area contributed by atoms with Crippen LogP contribution in [0.5, 0.6) is 0 Å². The van der Waals surface area contributed by atoms with Gasteiger partial charge >= 0.3 is 0 Å². The topological polar surface area (TPSA) is 47.8 Å². The summed E-state index contributed by atoms with van der Waals surface area (Å²) in [7, 11) is 0. The maximum Gasteiger partial charge on any atom is 0.157 e. The molecule has 8 atom stereocenters. The number of ketones is 1. The number of fused-ring (bicyclic) bond motifs is 6. The normalized spacial score (nSPS) is 42.1. The molecule has 4 aliphatic carbocycles. The van der Waals surface area contributed by atoms with Gasteiger partial charge in [0.25, 0.3) is 0 Å². The van der Waals surface area contributed by atoms with Crippen molar-refractivity contribution in [2.75, 3.05) is 0 Å². The fraction of sp³-hybridized carbons (Fsp3) is 0.741. The van der Waals surface area contributed by atoms with E-state index in [0.717, 1.165) is 52.8 Å². The Morgan fingerprint density at radius 1 is 1.10 bits per heavy atom. The van der Waals surface area contributed by atoms with Gasteiger partial charge in [-0.3, -0.25) is 14.5 Å². The van der Waals surface area contributed by atoms with Crippen LogP contribution in [0, 0.1) is 46.8 Å². The SMILES string of the molecule is C[C@H]1CC[C@@H]2C3CC[C@@]4(C)C(CC[C@@H]4C(=O)Cn4cc5ccncc5n4)[C@@H]3CC[C@@H]2C1. The molecule has 4 fully saturated rings. The van der Waals surface area contributed by atoms with Crippen molar-refractivity contribution in [1.82, 2.24) is 14.8 Å². The van der Waals surface area contributed by atoms with Crippen LogP contribution in [0.4, 0.5) is 0 Å². The number of nitrogens with zero attached hydrogens (tertiary/aromatic N) is 3. The molecule has 0 radical (unpaired) electrons. The summed E-state index contributed by atoms with van der Waals surface area (Å²) in [4.78, 5) is 17.7. The number of pyridine rings is 1. The van der Waals surface area contributed by atoms with E-state index in [1.807, 2.05) is 16.9 Å². The van der Waals surface area contributed by atoms with Crippen LogP contribution in [0.15, 0.2) is 24.7 Å². The molecule has 2 unspecified atom stereocenters. The van der Waals surface area contributed by atoms with Crippen LogP contribution in [-0.2, 0) is 11.3 Å². The van der Waals surface area contributed by atoms with Gasteiger partial charge in [-0.2, -0.15) is 5.10 Å². The molecule has 31 heavy (non-hydrogen) atoms. The quantitative estimate of drug-likeness (QED) is 0.622. The predicted octanol–water partition coefficient (Wildman–Crippen LogP) is 5.91. The zero-order valence-corrected chi connectivity index (χ0v) is 19.2. The first-order valence-corrected chi connectivity index (χ1v) is 12.8. The summed E-state index contributed by atoms with van der Waals surface area (Å²) in [5.74, 6) is 6.14. The zero-order chi connectivity index (χ0) is 21.2. The lowest BCUT2D eigenvalue weighted by Crippen LogP contribution is -2.49. The second-order valence-electron chi connectivity index (χ2n) is 11.8. The van der Waals surface area contributed by atoms with Gasteiger partial charge in [0, 0.05) is 23.7 Å². The number of aromatic nitrogens is 3. The number of carbonyl (C=O) groups is 1. The Kier molecular flexibility index (Phi) is 4.77. The second-order valence-corrected chi connectivity index (χ2v) is 11.8. The van der Waals surface area contributed by atoms with Gasteiger partial charge in [-0.25, -0.2) is 0 Å². The van der Waals surface area contributed by atoms with E-state index >= 15 is 0 Å². The molecule has 0 spiro atoms. The number of rotatable bonds is 3. The molecule has 2 aromatic rings. The van der Waals surface area contributed by atoms with Crippen molar-refractivity contribution in [3.05, 3.63) is 24.7 Å². The molecule has 0 N–H and O–H groups in total. The van der Waals surface area contributed by atoms with Crippen LogP contribution in [0.3, 0.4) is 0 Å². The smallest absolute Gasteiger partial charge is 0.157 e. The van der Waals surface area contributed by atoms with Crippen molar-refractivity contribution in [2.45, 2.75) is 78.2 Å². The number of hydrogen-bond acceptors (Lipinski definition) is 3. The van der Waals surface area contributed by atoms with Crippen LogP contribution >= 0.6 is 0 Å². The van der Waals surface area contributed by atoms with Gasteiger partial charge < -0.3 is 0 Å². The van der Waals surface area contributed by atoms with Gasteiger partial charge in [0.15, 0.2) is 5.78 Å². The highest BCUT2D eigenvalue weighted by Crippen LogP contribution is 2.64. The molecule has 0 saturated heterocycles. The number of hydrogen-bond donors (Lipinski definition) is 0. The first-order valence-electron chi connectivity index (χ1n) is 12.8. The van der Waals surface area contributed by atoms with Crippen LogP contribution in [-0.4, -0.2) is 20.5 Å². The van der Waals surface area contributed by atoms with Crippen molar-refractivity contribution in [3.63, 3.8) is 0 Å². The minimum Gasteiger partial charge on any atom is -0.297 e. The molecule has 6 rings (SSSR count). The van der Waals surface area contributed by atoms with Gasteiger partial charge in [-0.05, 0) is 98.4 Å². The fourth-order valence-corrected chi connectivity index (χ4v) is 8.89. The summed E-state index contributed by atoms with van der Waals surface area (Å²) in [6.07, 6.45) is 17.9. The first kappa shape index (κ1) is 19.9. The van der Waals surface area contributed by atoms with Crippen LogP contribution in [0.1, 0.15) is 71.6 Å². The van der Waals surface area contributed by atoms with E-state index in [2.05, 4.69) is 23.9 Å². The van der Waals surface area contributed by atoms with E-state index in [1.165, 1.54) is 51.4 Å². The van der Waals surface area contributed by atoms with Crippen molar-refractivity contribution >= 4 is 16.7 Å². The highest BCUT2D eigenvalue weighted by molar-refractivity contribution is 5.83. The van der Waals surface area contributed by atoms with Crippen LogP contribution < -0.4 is 0 Å². The lowest BCUT2D eigenvalue weighted by atomic mass is 9.49. The minimum absolute atomic E-state index is 0.210. The molecular weight excluding hydrogens is 382 g/mol. The Balaban J connectivity index is 1.19. The van der Waals surface area contributed by atoms with Gasteiger partial charge in [0.05, 0.1) is 12.7 Å². The number of Topliss-reactive ketones (excluding diaryl/α,β-unsaturated/α-hetero) is 1. The van der Waals surface area contributed by atoms with Crippen molar-refractivity contribution in [2.24, 2.45) is 46.8 Å². The summed E-state index contributed by atoms with van der Waals surface area (Å²) >= 11 is 0. The molecule has 0 amide bonds. The van der Waals surface area contributed by atoms with Crippen LogP contribution in [0.2, 0.25) is 0 Å². The van der Waals surface area contributed by atoms with Crippen LogP contribution in [0.25, 0.3) is 10.9 Å². The minimum atomic E-state index is 0.210. The molecule has 0 aliphatic heterocycles. The first-order chi connectivity index (χ1) is 15.0. The lowest BCUT2D eigenvalue weighted by molar-refractivity contribution is -0.131. The molecule has 166 valence electrons. The van der Waals surface area contributed by atoms with Gasteiger partial charge in [-0.1, -0.05) is 20.3 Å². The largest absolute Gasteiger partial charge is 0.297 e. The highest BCUT2D eigenvalue weighted by atomic mass is 16.1. The predicted molar refractivity (Wildman–Crippen MR) is 122 cm³/mol. The van der Waals surface area contributed by atoms with Crippen molar-refractivity contribution < 1.29 is 4.79 Å². The highest BCUT2D eigenvalue weighted by Gasteiger charge is 2.58. The molecule has 0 bridgehead atoms. The Hall–Kier alpha value is -1.71. The van der Waals surface area contributed by atoms with Gasteiger partial charge in [-0.15, -0.1) is 0 Å². The van der Waals surface area contributed by atoms with E-state index in [-0.39, 0.29) is 11.3 Å². The summed E-state index contributed by atoms with van der Waals surface area (Å²) < 4.78 is 1.85. The maximum absolute atomic E-state index is 13.5. The van der Waals surface area contributed by atoms with Gasteiger partial charge in [0.2, 0.25) is 0 Å². The molecule has 4 heteroatoms. The third-order valence-corrected chi connectivity index (χ3v) is 10.3. The summed E-state index contributed by atoms with van der Waals surface area (Å²) in [5.41, 5.74) is 1.09. The second kappa shape index (κ2) is 7.42.